The van der Waals surface area contributed by atoms with E-state index < -0.39 is 0 Å². The number of aromatic nitrogens is 2. The first-order valence-electron chi connectivity index (χ1n) is 6.78. The summed E-state index contributed by atoms with van der Waals surface area (Å²) in [6, 6.07) is 13.5. The highest BCUT2D eigenvalue weighted by Gasteiger charge is 2.09. The van der Waals surface area contributed by atoms with E-state index in [1.54, 1.807) is 12.4 Å². The summed E-state index contributed by atoms with van der Waals surface area (Å²) in [6.45, 7) is 1.92. The highest BCUT2D eigenvalue weighted by molar-refractivity contribution is 5.94. The molecular weight excluding hydrogens is 262 g/mol. The summed E-state index contributed by atoms with van der Waals surface area (Å²) < 4.78 is 0. The zero-order chi connectivity index (χ0) is 14.7. The number of hydrogen-bond donors (Lipinski definition) is 1. The molecule has 0 aliphatic rings. The van der Waals surface area contributed by atoms with E-state index >= 15 is 0 Å². The molecule has 1 aromatic carbocycles. The van der Waals surface area contributed by atoms with Gasteiger partial charge in [0.05, 0.1) is 11.9 Å². The van der Waals surface area contributed by atoms with Crippen molar-refractivity contribution < 1.29 is 4.79 Å². The lowest BCUT2D eigenvalue weighted by atomic mass is 10.1. The van der Waals surface area contributed by atoms with Crippen LogP contribution in [0.1, 0.15) is 11.1 Å². The molecule has 3 rings (SSSR count). The van der Waals surface area contributed by atoms with E-state index in [1.807, 2.05) is 49.4 Å². The Morgan fingerprint density at radius 2 is 1.81 bits per heavy atom. The predicted octanol–water partition coefficient (Wildman–Crippen LogP) is 3.12. The van der Waals surface area contributed by atoms with Gasteiger partial charge >= 0.3 is 0 Å². The Morgan fingerprint density at radius 1 is 1.05 bits per heavy atom. The fourth-order valence-electron chi connectivity index (χ4n) is 2.28. The van der Waals surface area contributed by atoms with Crippen LogP contribution >= 0.6 is 0 Å². The van der Waals surface area contributed by atoms with Crippen molar-refractivity contribution in [2.75, 3.05) is 5.32 Å². The lowest BCUT2D eigenvalue weighted by molar-refractivity contribution is -0.115. The number of nitrogens with one attached hydrogen (secondary N) is 1. The van der Waals surface area contributed by atoms with E-state index in [9.17, 15) is 4.79 Å². The number of rotatable bonds is 3. The second-order valence-electron chi connectivity index (χ2n) is 4.89. The van der Waals surface area contributed by atoms with E-state index in [2.05, 4.69) is 15.3 Å². The van der Waals surface area contributed by atoms with Crippen LogP contribution in [0.2, 0.25) is 0 Å². The maximum Gasteiger partial charge on any atom is 0.230 e. The number of fused-ring (bicyclic) bond motifs is 1. The van der Waals surface area contributed by atoms with Gasteiger partial charge in [-0.3, -0.25) is 9.78 Å². The number of para-hydroxylation sites is 1. The Balaban J connectivity index is 1.82. The SMILES string of the molecule is Cc1cccnc1NC(=O)Cc1cccc2cccnc12. The van der Waals surface area contributed by atoms with Crippen LogP contribution in [-0.2, 0) is 11.2 Å². The summed E-state index contributed by atoms with van der Waals surface area (Å²) >= 11 is 0. The highest BCUT2D eigenvalue weighted by atomic mass is 16.1. The van der Waals surface area contributed by atoms with Crippen molar-refractivity contribution in [2.24, 2.45) is 0 Å². The quantitative estimate of drug-likeness (QED) is 0.800. The summed E-state index contributed by atoms with van der Waals surface area (Å²) in [5, 5.41) is 3.88. The molecule has 104 valence electrons. The topological polar surface area (TPSA) is 54.9 Å². The van der Waals surface area contributed by atoms with Crippen LogP contribution in [0.4, 0.5) is 5.82 Å². The Bertz CT molecular complexity index is 793. The number of carbonyl (C=O) groups excluding carboxylic acids is 1. The third-order valence-corrected chi connectivity index (χ3v) is 3.33. The molecule has 2 aromatic heterocycles. The molecule has 0 aliphatic carbocycles. The monoisotopic (exact) mass is 277 g/mol. The number of anilines is 1. The largest absolute Gasteiger partial charge is 0.310 e. The normalized spacial score (nSPS) is 10.5. The van der Waals surface area contributed by atoms with Crippen LogP contribution in [0.15, 0.2) is 54.9 Å². The highest BCUT2D eigenvalue weighted by Crippen LogP contribution is 2.17. The van der Waals surface area contributed by atoms with Gasteiger partial charge in [-0.2, -0.15) is 0 Å². The molecule has 0 bridgehead atoms. The predicted molar refractivity (Wildman–Crippen MR) is 83.1 cm³/mol. The number of amides is 1. The number of nitrogens with zero attached hydrogens (tertiary/aromatic N) is 2. The van der Waals surface area contributed by atoms with Gasteiger partial charge in [-0.15, -0.1) is 0 Å². The molecule has 4 heteroatoms. The first-order chi connectivity index (χ1) is 10.2. The van der Waals surface area contributed by atoms with Gasteiger partial charge in [0.15, 0.2) is 0 Å². The van der Waals surface area contributed by atoms with Crippen molar-refractivity contribution in [1.82, 2.24) is 9.97 Å². The number of aryl methyl sites for hydroxylation is 1. The minimum Gasteiger partial charge on any atom is -0.310 e. The molecule has 0 radical (unpaired) electrons. The van der Waals surface area contributed by atoms with Crippen LogP contribution in [0.25, 0.3) is 10.9 Å². The van der Waals surface area contributed by atoms with E-state index in [4.69, 9.17) is 0 Å². The summed E-state index contributed by atoms with van der Waals surface area (Å²) in [5.41, 5.74) is 2.73. The number of benzene rings is 1. The first-order valence-corrected chi connectivity index (χ1v) is 6.78. The Morgan fingerprint density at radius 3 is 2.67 bits per heavy atom. The summed E-state index contributed by atoms with van der Waals surface area (Å²) in [6.07, 6.45) is 3.69. The second kappa shape index (κ2) is 5.71. The van der Waals surface area contributed by atoms with Crippen molar-refractivity contribution in [2.45, 2.75) is 13.3 Å². The minimum atomic E-state index is -0.0880. The summed E-state index contributed by atoms with van der Waals surface area (Å²) in [4.78, 5) is 20.7. The number of hydrogen-bond acceptors (Lipinski definition) is 3. The average Bonchev–Trinajstić information content (AvgIpc) is 2.50. The molecule has 0 atom stereocenters. The third kappa shape index (κ3) is 2.89. The lowest BCUT2D eigenvalue weighted by Crippen LogP contribution is -2.16. The lowest BCUT2D eigenvalue weighted by Gasteiger charge is -2.08. The maximum atomic E-state index is 12.2. The Kier molecular flexibility index (Phi) is 3.60. The van der Waals surface area contributed by atoms with Gasteiger partial charge in [-0.25, -0.2) is 4.98 Å². The first kappa shape index (κ1) is 13.2. The fraction of sp³-hybridized carbons (Fsp3) is 0.118. The average molecular weight is 277 g/mol. The van der Waals surface area contributed by atoms with Crippen LogP contribution in [0.5, 0.6) is 0 Å². The van der Waals surface area contributed by atoms with Gasteiger partial charge in [0.1, 0.15) is 5.82 Å². The molecule has 3 aromatic rings. The van der Waals surface area contributed by atoms with E-state index in [0.717, 1.165) is 22.0 Å². The van der Waals surface area contributed by atoms with Crippen molar-refractivity contribution >= 4 is 22.6 Å². The standard InChI is InChI=1S/C17H15N3O/c1-12-5-3-10-19-17(12)20-15(21)11-14-7-2-6-13-8-4-9-18-16(13)14/h2-10H,11H2,1H3,(H,19,20,21). The zero-order valence-corrected chi connectivity index (χ0v) is 11.7. The van der Waals surface area contributed by atoms with E-state index in [-0.39, 0.29) is 12.3 Å². The van der Waals surface area contributed by atoms with E-state index in [0.29, 0.717) is 5.82 Å². The van der Waals surface area contributed by atoms with Crippen molar-refractivity contribution in [3.8, 4) is 0 Å². The molecule has 2 heterocycles. The molecule has 4 nitrogen and oxygen atoms in total. The van der Waals surface area contributed by atoms with Crippen molar-refractivity contribution in [3.63, 3.8) is 0 Å². The Hall–Kier alpha value is -2.75. The maximum absolute atomic E-state index is 12.2. The molecule has 1 amide bonds. The summed E-state index contributed by atoms with van der Waals surface area (Å²) in [7, 11) is 0. The van der Waals surface area contributed by atoms with Crippen LogP contribution in [0, 0.1) is 6.92 Å². The van der Waals surface area contributed by atoms with Crippen LogP contribution in [-0.4, -0.2) is 15.9 Å². The molecule has 0 unspecified atom stereocenters. The van der Waals surface area contributed by atoms with Crippen LogP contribution < -0.4 is 5.32 Å². The van der Waals surface area contributed by atoms with Gasteiger partial charge in [-0.1, -0.05) is 30.3 Å². The van der Waals surface area contributed by atoms with E-state index in [1.165, 1.54) is 0 Å². The Labute approximate surface area is 122 Å². The van der Waals surface area contributed by atoms with Gasteiger partial charge in [0, 0.05) is 17.8 Å². The van der Waals surface area contributed by atoms with Crippen molar-refractivity contribution in [1.29, 1.82) is 0 Å². The van der Waals surface area contributed by atoms with Gasteiger partial charge in [0.25, 0.3) is 0 Å². The van der Waals surface area contributed by atoms with Gasteiger partial charge in [0.2, 0.25) is 5.91 Å². The molecule has 0 saturated carbocycles. The minimum absolute atomic E-state index is 0.0880. The molecule has 0 fully saturated rings. The fourth-order valence-corrected chi connectivity index (χ4v) is 2.28. The molecule has 0 aliphatic heterocycles. The molecular formula is C17H15N3O. The zero-order valence-electron chi connectivity index (χ0n) is 11.7. The smallest absolute Gasteiger partial charge is 0.230 e. The van der Waals surface area contributed by atoms with Gasteiger partial charge < -0.3 is 5.32 Å². The third-order valence-electron chi connectivity index (χ3n) is 3.33. The molecule has 21 heavy (non-hydrogen) atoms. The number of carbonyl (C=O) groups is 1. The summed E-state index contributed by atoms with van der Waals surface area (Å²) in [5.74, 6) is 0.519. The van der Waals surface area contributed by atoms with Crippen molar-refractivity contribution in [3.05, 3.63) is 66.0 Å². The molecule has 1 N–H and O–H groups in total. The molecule has 0 spiro atoms. The number of pyridine rings is 2. The van der Waals surface area contributed by atoms with Crippen LogP contribution in [0.3, 0.4) is 0 Å². The second-order valence-corrected chi connectivity index (χ2v) is 4.89. The van der Waals surface area contributed by atoms with Gasteiger partial charge in [-0.05, 0) is 30.2 Å². The molecule has 0 saturated heterocycles.